The summed E-state index contributed by atoms with van der Waals surface area (Å²) < 4.78 is 0. The summed E-state index contributed by atoms with van der Waals surface area (Å²) in [6, 6.07) is 16.2. The zero-order valence-corrected chi connectivity index (χ0v) is 15.9. The molecule has 6 heteroatoms. The topological polar surface area (TPSA) is 70.2 Å². The normalized spacial score (nSPS) is 14.2. The van der Waals surface area contributed by atoms with Gasteiger partial charge in [-0.15, -0.1) is 0 Å². The van der Waals surface area contributed by atoms with Crippen molar-refractivity contribution in [2.24, 2.45) is 0 Å². The van der Waals surface area contributed by atoms with Crippen LogP contribution >= 0.6 is 12.2 Å². The summed E-state index contributed by atoms with van der Waals surface area (Å²) in [7, 11) is 0. The van der Waals surface area contributed by atoms with E-state index in [0.29, 0.717) is 16.8 Å². The van der Waals surface area contributed by atoms with Crippen LogP contribution in [0.5, 0.6) is 0 Å². The Morgan fingerprint density at radius 1 is 0.815 bits per heavy atom. The lowest BCUT2D eigenvalue weighted by Crippen LogP contribution is -2.36. The average molecular weight is 382 g/mol. The van der Waals surface area contributed by atoms with Crippen molar-refractivity contribution >= 4 is 34.8 Å². The van der Waals surface area contributed by atoms with Gasteiger partial charge in [-0.25, -0.2) is 0 Å². The lowest BCUT2D eigenvalue weighted by molar-refractivity contribution is 0.0926. The van der Waals surface area contributed by atoms with Crippen molar-refractivity contribution in [2.75, 3.05) is 5.32 Å². The summed E-state index contributed by atoms with van der Waals surface area (Å²) in [6.07, 6.45) is 5.73. The molecule has 1 aliphatic carbocycles. The van der Waals surface area contributed by atoms with E-state index in [2.05, 4.69) is 16.0 Å². The Hall–Kier alpha value is -2.73. The second-order valence-electron chi connectivity index (χ2n) is 6.66. The first kappa shape index (κ1) is 19.0. The first-order valence-electron chi connectivity index (χ1n) is 9.20. The van der Waals surface area contributed by atoms with E-state index in [0.717, 1.165) is 12.8 Å². The number of hydrogen-bond acceptors (Lipinski definition) is 3. The number of nitrogens with one attached hydrogen (secondary N) is 3. The number of carbonyl (C=O) groups excluding carboxylic acids is 2. The van der Waals surface area contributed by atoms with E-state index in [4.69, 9.17) is 12.2 Å². The Morgan fingerprint density at radius 2 is 1.44 bits per heavy atom. The molecule has 1 aliphatic rings. The fourth-order valence-corrected chi connectivity index (χ4v) is 3.36. The molecule has 5 nitrogen and oxygen atoms in total. The first-order valence-corrected chi connectivity index (χ1v) is 9.61. The van der Waals surface area contributed by atoms with Gasteiger partial charge in [-0.05, 0) is 61.5 Å². The van der Waals surface area contributed by atoms with E-state index in [1.165, 1.54) is 19.3 Å². The number of thiocarbonyl (C=S) groups is 1. The van der Waals surface area contributed by atoms with Crippen LogP contribution in [0.15, 0.2) is 54.6 Å². The molecular formula is C21H23N3O2S. The second-order valence-corrected chi connectivity index (χ2v) is 7.07. The minimum Gasteiger partial charge on any atom is -0.349 e. The van der Waals surface area contributed by atoms with Crippen LogP contribution in [0, 0.1) is 0 Å². The van der Waals surface area contributed by atoms with Crippen molar-refractivity contribution < 1.29 is 9.59 Å². The van der Waals surface area contributed by atoms with E-state index in [9.17, 15) is 9.59 Å². The molecule has 0 atom stereocenters. The van der Waals surface area contributed by atoms with Crippen LogP contribution in [-0.4, -0.2) is 23.0 Å². The van der Waals surface area contributed by atoms with Crippen LogP contribution < -0.4 is 16.0 Å². The molecule has 2 aromatic carbocycles. The molecule has 1 saturated carbocycles. The lowest BCUT2D eigenvalue weighted by Gasteiger charge is -2.22. The van der Waals surface area contributed by atoms with Crippen LogP contribution in [0.2, 0.25) is 0 Å². The molecule has 0 heterocycles. The summed E-state index contributed by atoms with van der Waals surface area (Å²) in [5, 5.41) is 8.91. The van der Waals surface area contributed by atoms with E-state index in [1.807, 2.05) is 6.07 Å². The van der Waals surface area contributed by atoms with Gasteiger partial charge in [-0.3, -0.25) is 14.9 Å². The van der Waals surface area contributed by atoms with Crippen molar-refractivity contribution in [3.63, 3.8) is 0 Å². The highest BCUT2D eigenvalue weighted by atomic mass is 32.1. The summed E-state index contributed by atoms with van der Waals surface area (Å²) in [4.78, 5) is 24.4. The van der Waals surface area contributed by atoms with Gasteiger partial charge in [0.25, 0.3) is 11.8 Å². The van der Waals surface area contributed by atoms with Gasteiger partial charge in [-0.1, -0.05) is 37.5 Å². The van der Waals surface area contributed by atoms with Crippen LogP contribution in [0.3, 0.4) is 0 Å². The van der Waals surface area contributed by atoms with Crippen molar-refractivity contribution in [1.82, 2.24) is 10.6 Å². The monoisotopic (exact) mass is 381 g/mol. The zero-order valence-electron chi connectivity index (χ0n) is 15.0. The number of anilines is 1. The van der Waals surface area contributed by atoms with Crippen LogP contribution in [0.1, 0.15) is 52.8 Å². The third-order valence-corrected chi connectivity index (χ3v) is 4.81. The highest BCUT2D eigenvalue weighted by Crippen LogP contribution is 2.18. The van der Waals surface area contributed by atoms with Crippen molar-refractivity contribution in [3.8, 4) is 0 Å². The molecule has 0 spiro atoms. The maximum absolute atomic E-state index is 12.3. The first-order chi connectivity index (χ1) is 13.1. The second kappa shape index (κ2) is 9.28. The third-order valence-electron chi connectivity index (χ3n) is 4.61. The summed E-state index contributed by atoms with van der Waals surface area (Å²) in [6.45, 7) is 0. The van der Waals surface area contributed by atoms with Gasteiger partial charge in [0, 0.05) is 22.9 Å². The van der Waals surface area contributed by atoms with Gasteiger partial charge < -0.3 is 10.6 Å². The Morgan fingerprint density at radius 3 is 2.11 bits per heavy atom. The molecule has 0 radical (unpaired) electrons. The van der Waals surface area contributed by atoms with Crippen LogP contribution in [0.25, 0.3) is 0 Å². The summed E-state index contributed by atoms with van der Waals surface area (Å²) >= 11 is 5.18. The predicted octanol–water partition coefficient (Wildman–Crippen LogP) is 3.88. The molecule has 2 aromatic rings. The highest BCUT2D eigenvalue weighted by Gasteiger charge is 2.16. The average Bonchev–Trinajstić information content (AvgIpc) is 2.70. The minimum atomic E-state index is -0.267. The van der Waals surface area contributed by atoms with E-state index in [1.54, 1.807) is 48.5 Å². The largest absolute Gasteiger partial charge is 0.349 e. The molecule has 3 N–H and O–H groups in total. The van der Waals surface area contributed by atoms with Gasteiger partial charge in [0.2, 0.25) is 0 Å². The Kier molecular flexibility index (Phi) is 6.54. The lowest BCUT2D eigenvalue weighted by atomic mass is 9.95. The number of benzene rings is 2. The number of hydrogen-bond donors (Lipinski definition) is 3. The van der Waals surface area contributed by atoms with Crippen molar-refractivity contribution in [2.45, 2.75) is 38.1 Å². The molecule has 3 rings (SSSR count). The minimum absolute atomic E-state index is 0.0478. The standard InChI is InChI=1S/C21H23N3O2S/c25-19(22-17-9-5-2-6-10-17)16-11-13-18(14-12-16)23-21(27)24-20(26)15-7-3-1-4-8-15/h1,3-4,7-8,11-14,17H,2,5-6,9-10H2,(H,22,25)(H2,23,24,26,27). The van der Waals surface area contributed by atoms with Gasteiger partial charge in [0.15, 0.2) is 5.11 Å². The fraction of sp³-hybridized carbons (Fsp3) is 0.286. The van der Waals surface area contributed by atoms with Crippen LogP contribution in [-0.2, 0) is 0 Å². The van der Waals surface area contributed by atoms with Crippen molar-refractivity contribution in [3.05, 3.63) is 65.7 Å². The Bertz CT molecular complexity index is 800. The molecule has 140 valence electrons. The van der Waals surface area contributed by atoms with Gasteiger partial charge >= 0.3 is 0 Å². The number of amides is 2. The fourth-order valence-electron chi connectivity index (χ4n) is 3.15. The van der Waals surface area contributed by atoms with Gasteiger partial charge in [0.1, 0.15) is 0 Å². The number of rotatable bonds is 4. The molecule has 0 unspecified atom stereocenters. The Labute approximate surface area is 164 Å². The molecule has 27 heavy (non-hydrogen) atoms. The van der Waals surface area contributed by atoms with E-state index in [-0.39, 0.29) is 23.0 Å². The third kappa shape index (κ3) is 5.62. The highest BCUT2D eigenvalue weighted by molar-refractivity contribution is 7.80. The summed E-state index contributed by atoms with van der Waals surface area (Å²) in [5.74, 6) is -0.315. The quantitative estimate of drug-likeness (QED) is 0.703. The van der Waals surface area contributed by atoms with E-state index >= 15 is 0 Å². The molecular weight excluding hydrogens is 358 g/mol. The maximum atomic E-state index is 12.3. The van der Waals surface area contributed by atoms with Gasteiger partial charge in [0.05, 0.1) is 0 Å². The molecule has 0 aliphatic heterocycles. The Balaban J connectivity index is 1.51. The van der Waals surface area contributed by atoms with Crippen LogP contribution in [0.4, 0.5) is 5.69 Å². The van der Waals surface area contributed by atoms with Gasteiger partial charge in [-0.2, -0.15) is 0 Å². The smallest absolute Gasteiger partial charge is 0.257 e. The predicted molar refractivity (Wildman–Crippen MR) is 111 cm³/mol. The molecule has 0 saturated heterocycles. The maximum Gasteiger partial charge on any atom is 0.257 e. The molecule has 0 aromatic heterocycles. The number of carbonyl (C=O) groups is 2. The zero-order chi connectivity index (χ0) is 19.1. The molecule has 0 bridgehead atoms. The van der Waals surface area contributed by atoms with E-state index < -0.39 is 0 Å². The molecule has 2 amide bonds. The SMILES string of the molecule is O=C(NC(=S)Nc1ccc(C(=O)NC2CCCCC2)cc1)c1ccccc1. The summed E-state index contributed by atoms with van der Waals surface area (Å²) in [5.41, 5.74) is 1.87. The molecule has 1 fully saturated rings. The van der Waals surface area contributed by atoms with Crippen molar-refractivity contribution in [1.29, 1.82) is 0 Å².